The second kappa shape index (κ2) is 5.67. The largest absolute Gasteiger partial charge is 0.416 e. The molecule has 0 radical (unpaired) electrons. The minimum Gasteiger partial charge on any atom is -0.307 e. The van der Waals surface area contributed by atoms with Crippen molar-refractivity contribution in [1.29, 1.82) is 0 Å². The number of anilines is 1. The number of aryl methyl sites for hydroxylation is 1. The molecule has 0 aliphatic carbocycles. The number of nitrogens with one attached hydrogen (secondary N) is 1. The number of hydrogen-bond acceptors (Lipinski definition) is 1. The van der Waals surface area contributed by atoms with Gasteiger partial charge in [-0.15, -0.1) is 0 Å². The van der Waals surface area contributed by atoms with E-state index < -0.39 is 23.6 Å². The van der Waals surface area contributed by atoms with Crippen LogP contribution >= 0.6 is 0 Å². The van der Waals surface area contributed by atoms with Crippen LogP contribution in [-0.4, -0.2) is 10.6 Å². The summed E-state index contributed by atoms with van der Waals surface area (Å²) in [7, 11) is 0. The van der Waals surface area contributed by atoms with Crippen LogP contribution in [0.15, 0.2) is 48.5 Å². The number of rotatable bonds is 1. The van der Waals surface area contributed by atoms with Crippen LogP contribution in [0, 0.1) is 12.7 Å². The Morgan fingerprint density at radius 1 is 1.08 bits per heavy atom. The highest BCUT2D eigenvalue weighted by Crippen LogP contribution is 2.31. The fraction of sp³-hybridized carbons (Fsp3) is 0.118. The van der Waals surface area contributed by atoms with E-state index in [2.05, 4.69) is 5.32 Å². The molecule has 0 unspecified atom stereocenters. The lowest BCUT2D eigenvalue weighted by Gasteiger charge is -2.11. The molecule has 1 N–H and O–H groups in total. The van der Waals surface area contributed by atoms with Gasteiger partial charge < -0.3 is 5.32 Å². The summed E-state index contributed by atoms with van der Waals surface area (Å²) in [4.78, 5) is 12.4. The topological polar surface area (TPSA) is 34.0 Å². The number of amides is 1. The summed E-state index contributed by atoms with van der Waals surface area (Å²) in [5.74, 6) is -0.471. The van der Waals surface area contributed by atoms with Crippen molar-refractivity contribution in [2.45, 2.75) is 13.1 Å². The maximum Gasteiger partial charge on any atom is 0.416 e. The van der Waals surface area contributed by atoms with E-state index in [1.165, 1.54) is 34.9 Å². The molecule has 0 spiro atoms. The van der Waals surface area contributed by atoms with E-state index >= 15 is 0 Å². The first-order valence-electron chi connectivity index (χ1n) is 7.02. The number of halogens is 4. The first-order valence-corrected chi connectivity index (χ1v) is 7.02. The molecule has 0 atom stereocenters. The molecule has 3 nitrogen and oxygen atoms in total. The average Bonchev–Trinajstić information content (AvgIpc) is 2.84. The first-order chi connectivity index (χ1) is 11.3. The quantitative estimate of drug-likeness (QED) is 0.610. The molecule has 3 aromatic rings. The fourth-order valence-electron chi connectivity index (χ4n) is 2.55. The summed E-state index contributed by atoms with van der Waals surface area (Å²) >= 11 is 0. The van der Waals surface area contributed by atoms with Crippen LogP contribution in [0.3, 0.4) is 0 Å². The number of alkyl halides is 3. The van der Waals surface area contributed by atoms with Gasteiger partial charge in [0.1, 0.15) is 5.82 Å². The van der Waals surface area contributed by atoms with Crippen molar-refractivity contribution in [3.8, 4) is 0 Å². The van der Waals surface area contributed by atoms with Crippen LogP contribution in [-0.2, 0) is 6.18 Å². The van der Waals surface area contributed by atoms with E-state index in [-0.39, 0.29) is 11.1 Å². The maximum atomic E-state index is 13.8. The lowest BCUT2D eigenvalue weighted by Crippen LogP contribution is -2.20. The molecule has 0 aliphatic rings. The number of nitrogens with zero attached hydrogens (tertiary/aromatic N) is 1. The van der Waals surface area contributed by atoms with Gasteiger partial charge in [-0.3, -0.25) is 4.57 Å². The Balaban J connectivity index is 1.97. The molecule has 1 heterocycles. The third-order valence-electron chi connectivity index (χ3n) is 3.62. The van der Waals surface area contributed by atoms with Gasteiger partial charge in [-0.05, 0) is 43.3 Å². The van der Waals surface area contributed by atoms with E-state index in [0.29, 0.717) is 11.2 Å². The third kappa shape index (κ3) is 2.84. The van der Waals surface area contributed by atoms with Crippen molar-refractivity contribution in [3.05, 3.63) is 65.6 Å². The van der Waals surface area contributed by atoms with Crippen molar-refractivity contribution < 1.29 is 22.4 Å². The van der Waals surface area contributed by atoms with Gasteiger partial charge in [0.25, 0.3) is 0 Å². The zero-order chi connectivity index (χ0) is 17.5. The molecule has 7 heteroatoms. The summed E-state index contributed by atoms with van der Waals surface area (Å²) in [6.45, 7) is 1.62. The minimum atomic E-state index is -4.50. The Kier molecular flexibility index (Phi) is 3.79. The Hall–Kier alpha value is -2.83. The molecule has 0 fully saturated rings. The van der Waals surface area contributed by atoms with E-state index in [9.17, 15) is 22.4 Å². The van der Waals surface area contributed by atoms with Crippen LogP contribution in [0.4, 0.5) is 28.0 Å². The van der Waals surface area contributed by atoms with Crippen LogP contribution in [0.2, 0.25) is 0 Å². The molecule has 0 saturated carbocycles. The zero-order valence-electron chi connectivity index (χ0n) is 12.5. The minimum absolute atomic E-state index is 0.00692. The van der Waals surface area contributed by atoms with Gasteiger partial charge in [-0.1, -0.05) is 12.1 Å². The van der Waals surface area contributed by atoms with Gasteiger partial charge in [-0.2, -0.15) is 13.2 Å². The monoisotopic (exact) mass is 336 g/mol. The second-order valence-electron chi connectivity index (χ2n) is 5.30. The highest BCUT2D eigenvalue weighted by molar-refractivity contribution is 5.99. The number of carbonyl (C=O) groups excluding carboxylic acids is 1. The van der Waals surface area contributed by atoms with Crippen LogP contribution in [0.1, 0.15) is 11.3 Å². The Morgan fingerprint density at radius 2 is 1.79 bits per heavy atom. The zero-order valence-corrected chi connectivity index (χ0v) is 12.5. The number of fused-ring (bicyclic) bond motifs is 1. The molecular weight excluding hydrogens is 324 g/mol. The first kappa shape index (κ1) is 16.0. The summed E-state index contributed by atoms with van der Waals surface area (Å²) in [6, 6.07) is 9.48. The van der Waals surface area contributed by atoms with Crippen molar-refractivity contribution in [2.75, 3.05) is 5.32 Å². The van der Waals surface area contributed by atoms with Crippen molar-refractivity contribution in [1.82, 2.24) is 4.57 Å². The Morgan fingerprint density at radius 3 is 2.50 bits per heavy atom. The Bertz CT molecular complexity index is 928. The predicted molar refractivity (Wildman–Crippen MR) is 82.5 cm³/mol. The van der Waals surface area contributed by atoms with Crippen molar-refractivity contribution in [2.24, 2.45) is 0 Å². The van der Waals surface area contributed by atoms with Crippen LogP contribution < -0.4 is 5.32 Å². The third-order valence-corrected chi connectivity index (χ3v) is 3.62. The number of aromatic nitrogens is 1. The standard InChI is InChI=1S/C17H12F4N2O/c1-10-8-13-14(18)6-3-7-15(13)23(10)16(24)22-12-5-2-4-11(9-12)17(19,20)21/h2-9H,1H3,(H,22,24). The molecule has 1 aromatic heterocycles. The van der Waals surface area contributed by atoms with E-state index in [0.717, 1.165) is 12.1 Å². The number of benzene rings is 2. The SMILES string of the molecule is Cc1cc2c(F)cccc2n1C(=O)Nc1cccc(C(F)(F)F)c1. The average molecular weight is 336 g/mol. The fourth-order valence-corrected chi connectivity index (χ4v) is 2.55. The van der Waals surface area contributed by atoms with Crippen LogP contribution in [0.5, 0.6) is 0 Å². The molecule has 1 amide bonds. The lowest BCUT2D eigenvalue weighted by atomic mass is 10.2. The molecule has 3 rings (SSSR count). The summed E-state index contributed by atoms with van der Waals surface area (Å²) in [6.07, 6.45) is -4.50. The van der Waals surface area contributed by atoms with Gasteiger partial charge >= 0.3 is 12.2 Å². The van der Waals surface area contributed by atoms with Gasteiger partial charge in [0.2, 0.25) is 0 Å². The molecule has 24 heavy (non-hydrogen) atoms. The van der Waals surface area contributed by atoms with Crippen molar-refractivity contribution in [3.63, 3.8) is 0 Å². The lowest BCUT2D eigenvalue weighted by molar-refractivity contribution is -0.137. The Labute approximate surface area is 134 Å². The van der Waals surface area contributed by atoms with Gasteiger partial charge in [0.05, 0.1) is 11.1 Å². The van der Waals surface area contributed by atoms with E-state index in [1.807, 2.05) is 0 Å². The van der Waals surface area contributed by atoms with Gasteiger partial charge in [-0.25, -0.2) is 9.18 Å². The highest BCUT2D eigenvalue weighted by Gasteiger charge is 2.30. The highest BCUT2D eigenvalue weighted by atomic mass is 19.4. The van der Waals surface area contributed by atoms with Gasteiger partial charge in [0, 0.05) is 16.8 Å². The molecular formula is C17H12F4N2O. The van der Waals surface area contributed by atoms with Crippen molar-refractivity contribution >= 4 is 22.6 Å². The summed E-state index contributed by atoms with van der Waals surface area (Å²) < 4.78 is 53.2. The number of hydrogen-bond donors (Lipinski definition) is 1. The molecule has 0 bridgehead atoms. The van der Waals surface area contributed by atoms with E-state index in [4.69, 9.17) is 0 Å². The molecule has 0 saturated heterocycles. The van der Waals surface area contributed by atoms with Gasteiger partial charge in [0.15, 0.2) is 0 Å². The smallest absolute Gasteiger partial charge is 0.307 e. The number of carbonyl (C=O) groups is 1. The summed E-state index contributed by atoms with van der Waals surface area (Å²) in [5.41, 5.74) is -0.0375. The normalized spacial score (nSPS) is 11.7. The predicted octanol–water partition coefficient (Wildman–Crippen LogP) is 5.19. The van der Waals surface area contributed by atoms with E-state index in [1.54, 1.807) is 13.0 Å². The molecule has 0 aliphatic heterocycles. The van der Waals surface area contributed by atoms with Crippen LogP contribution in [0.25, 0.3) is 10.9 Å². The second-order valence-corrected chi connectivity index (χ2v) is 5.30. The molecule has 2 aromatic carbocycles. The molecule has 124 valence electrons. The summed E-state index contributed by atoms with van der Waals surface area (Å²) in [5, 5.41) is 2.68. The maximum absolute atomic E-state index is 13.8.